The molecule has 9 nitrogen and oxygen atoms in total. The summed E-state index contributed by atoms with van der Waals surface area (Å²) in [6.07, 6.45) is 8.46. The van der Waals surface area contributed by atoms with Crippen LogP contribution in [0, 0.1) is 12.7 Å². The van der Waals surface area contributed by atoms with Gasteiger partial charge in [-0.05, 0) is 50.5 Å². The summed E-state index contributed by atoms with van der Waals surface area (Å²) in [6.45, 7) is 2.21. The van der Waals surface area contributed by atoms with E-state index in [1.54, 1.807) is 12.2 Å². The summed E-state index contributed by atoms with van der Waals surface area (Å²) in [7, 11) is 0. The molecule has 1 aliphatic carbocycles. The molecule has 2 amide bonds. The predicted octanol–water partition coefficient (Wildman–Crippen LogP) is 3.45. The van der Waals surface area contributed by atoms with E-state index in [0.29, 0.717) is 52.0 Å². The lowest BCUT2D eigenvalue weighted by atomic mass is 10.0. The third kappa shape index (κ3) is 5.01. The third-order valence-corrected chi connectivity index (χ3v) is 7.23. The molecule has 3 aromatic heterocycles. The largest absolute Gasteiger partial charge is 0.368 e. The van der Waals surface area contributed by atoms with Crippen molar-refractivity contribution in [2.45, 2.75) is 50.8 Å². The number of ether oxygens (including phenoxy) is 1. The Morgan fingerprint density at radius 3 is 2.77 bits per heavy atom. The summed E-state index contributed by atoms with van der Waals surface area (Å²) in [5.41, 5.74) is 7.72. The van der Waals surface area contributed by atoms with Gasteiger partial charge >= 0.3 is 0 Å². The van der Waals surface area contributed by atoms with Gasteiger partial charge in [-0.25, -0.2) is 9.37 Å². The zero-order valence-corrected chi connectivity index (χ0v) is 19.8. The van der Waals surface area contributed by atoms with Crippen molar-refractivity contribution >= 4 is 35.3 Å². The van der Waals surface area contributed by atoms with Crippen LogP contribution in [0.3, 0.4) is 0 Å². The number of thiazole rings is 1. The Kier molecular flexibility index (Phi) is 6.44. The van der Waals surface area contributed by atoms with E-state index in [-0.39, 0.29) is 18.0 Å². The standard InChI is InChI=1S/C24H24FN5O4S/c1-13-22(24(32)30(16-4-5-16)17-8-9-33-19(10-17)23(26)31)35-20(28-13)7-2-14-12-34-29-21(14)18-6-3-15(25)11-27-18/h2-3,6-7,11-12,16-17,19H,4-5,8-10H2,1H3,(H2,26,31). The molecule has 2 aliphatic rings. The van der Waals surface area contributed by atoms with Gasteiger partial charge in [0.15, 0.2) is 0 Å². The highest BCUT2D eigenvalue weighted by Gasteiger charge is 2.41. The second-order valence-electron chi connectivity index (χ2n) is 8.66. The topological polar surface area (TPSA) is 124 Å². The molecule has 35 heavy (non-hydrogen) atoms. The molecule has 0 bridgehead atoms. The summed E-state index contributed by atoms with van der Waals surface area (Å²) >= 11 is 1.31. The van der Waals surface area contributed by atoms with Crippen LogP contribution in [-0.4, -0.2) is 56.6 Å². The highest BCUT2D eigenvalue weighted by atomic mass is 32.1. The first-order valence-electron chi connectivity index (χ1n) is 11.4. The number of rotatable bonds is 7. The molecule has 3 aromatic rings. The van der Waals surface area contributed by atoms with Crippen LogP contribution in [-0.2, 0) is 9.53 Å². The maximum Gasteiger partial charge on any atom is 0.266 e. The van der Waals surface area contributed by atoms with Crippen molar-refractivity contribution in [2.24, 2.45) is 5.73 Å². The SMILES string of the molecule is Cc1nc(C=Cc2conc2-c2ccc(F)cn2)sc1C(=O)N(C1CC1)C1CCOC(C(N)=O)C1. The summed E-state index contributed by atoms with van der Waals surface area (Å²) in [5.74, 6) is -1.00. The van der Waals surface area contributed by atoms with Crippen LogP contribution in [0.5, 0.6) is 0 Å². The Morgan fingerprint density at radius 1 is 1.23 bits per heavy atom. The minimum atomic E-state index is -0.669. The van der Waals surface area contributed by atoms with E-state index in [2.05, 4.69) is 15.1 Å². The monoisotopic (exact) mass is 497 g/mol. The average Bonchev–Trinajstić information content (AvgIpc) is 3.43. The Morgan fingerprint density at radius 2 is 2.06 bits per heavy atom. The molecule has 1 saturated carbocycles. The van der Waals surface area contributed by atoms with Gasteiger partial charge < -0.3 is 19.9 Å². The van der Waals surface area contributed by atoms with Gasteiger partial charge in [0.05, 0.1) is 17.6 Å². The molecule has 5 rings (SSSR count). The summed E-state index contributed by atoms with van der Waals surface area (Å²) in [6, 6.07) is 2.91. The number of aromatic nitrogens is 3. The average molecular weight is 498 g/mol. The second-order valence-corrected chi connectivity index (χ2v) is 9.69. The molecule has 0 aromatic carbocycles. The molecule has 2 atom stereocenters. The Labute approximate surface area is 204 Å². The number of pyridine rings is 1. The van der Waals surface area contributed by atoms with Gasteiger partial charge in [-0.2, -0.15) is 0 Å². The maximum absolute atomic E-state index is 13.6. The molecule has 0 radical (unpaired) electrons. The van der Waals surface area contributed by atoms with E-state index < -0.39 is 17.8 Å². The lowest BCUT2D eigenvalue weighted by molar-refractivity contribution is -0.134. The van der Waals surface area contributed by atoms with Crippen molar-refractivity contribution in [3.63, 3.8) is 0 Å². The first kappa shape index (κ1) is 23.3. The molecular formula is C24H24FN5O4S. The van der Waals surface area contributed by atoms with Crippen molar-refractivity contribution in [3.05, 3.63) is 51.6 Å². The lowest BCUT2D eigenvalue weighted by Crippen LogP contribution is -2.49. The minimum absolute atomic E-state index is 0.0709. The Balaban J connectivity index is 1.35. The minimum Gasteiger partial charge on any atom is -0.368 e. The number of nitrogens with zero attached hydrogens (tertiary/aromatic N) is 4. The van der Waals surface area contributed by atoms with E-state index in [1.807, 2.05) is 11.8 Å². The number of nitrogens with two attached hydrogens (primary N) is 1. The fraction of sp³-hybridized carbons (Fsp3) is 0.375. The first-order chi connectivity index (χ1) is 16.9. The zero-order valence-electron chi connectivity index (χ0n) is 19.0. The van der Waals surface area contributed by atoms with Crippen molar-refractivity contribution in [2.75, 3.05) is 6.61 Å². The van der Waals surface area contributed by atoms with Gasteiger partial charge in [0.2, 0.25) is 5.91 Å². The number of amides is 2. The van der Waals surface area contributed by atoms with Gasteiger partial charge in [-0.1, -0.05) is 5.16 Å². The van der Waals surface area contributed by atoms with Gasteiger partial charge in [-0.3, -0.25) is 14.6 Å². The first-order valence-corrected chi connectivity index (χ1v) is 12.2. The number of halogens is 1. The van der Waals surface area contributed by atoms with Crippen LogP contribution in [0.1, 0.15) is 51.6 Å². The molecule has 2 fully saturated rings. The number of carbonyl (C=O) groups excluding carboxylic acids is 2. The number of aryl methyl sites for hydroxylation is 1. The van der Waals surface area contributed by atoms with E-state index in [0.717, 1.165) is 19.0 Å². The van der Waals surface area contributed by atoms with Crippen LogP contribution >= 0.6 is 11.3 Å². The Hall–Kier alpha value is -3.44. The smallest absolute Gasteiger partial charge is 0.266 e. The number of hydrogen-bond acceptors (Lipinski definition) is 8. The van der Waals surface area contributed by atoms with Crippen LogP contribution < -0.4 is 5.73 Å². The van der Waals surface area contributed by atoms with Crippen LogP contribution in [0.2, 0.25) is 0 Å². The van der Waals surface area contributed by atoms with Gasteiger partial charge in [0, 0.05) is 30.7 Å². The number of primary amides is 1. The van der Waals surface area contributed by atoms with Crippen LogP contribution in [0.4, 0.5) is 4.39 Å². The molecule has 2 unspecified atom stereocenters. The van der Waals surface area contributed by atoms with E-state index in [4.69, 9.17) is 15.0 Å². The van der Waals surface area contributed by atoms with E-state index in [1.165, 1.54) is 29.7 Å². The quantitative estimate of drug-likeness (QED) is 0.530. The van der Waals surface area contributed by atoms with Gasteiger partial charge in [0.1, 0.15) is 33.8 Å². The molecule has 0 spiro atoms. The number of carbonyl (C=O) groups is 2. The predicted molar refractivity (Wildman–Crippen MR) is 127 cm³/mol. The van der Waals surface area contributed by atoms with Crippen molar-refractivity contribution in [3.8, 4) is 11.4 Å². The van der Waals surface area contributed by atoms with Crippen LogP contribution in [0.25, 0.3) is 23.5 Å². The van der Waals surface area contributed by atoms with Crippen LogP contribution in [0.15, 0.2) is 29.1 Å². The fourth-order valence-corrected chi connectivity index (χ4v) is 5.17. The third-order valence-electron chi connectivity index (χ3n) is 6.12. The van der Waals surface area contributed by atoms with E-state index in [9.17, 15) is 14.0 Å². The molecule has 11 heteroatoms. The molecule has 1 saturated heterocycles. The van der Waals surface area contributed by atoms with Crippen molar-refractivity contribution in [1.82, 2.24) is 20.0 Å². The summed E-state index contributed by atoms with van der Waals surface area (Å²) < 4.78 is 23.8. The second kappa shape index (κ2) is 9.67. The van der Waals surface area contributed by atoms with Crippen molar-refractivity contribution in [1.29, 1.82) is 0 Å². The van der Waals surface area contributed by atoms with Gasteiger partial charge in [-0.15, -0.1) is 11.3 Å². The molecule has 2 N–H and O–H groups in total. The van der Waals surface area contributed by atoms with Crippen molar-refractivity contribution < 1.29 is 23.2 Å². The normalized spacial score (nSPS) is 20.3. The number of hydrogen-bond donors (Lipinski definition) is 1. The highest BCUT2D eigenvalue weighted by Crippen LogP contribution is 2.35. The van der Waals surface area contributed by atoms with E-state index >= 15 is 0 Å². The zero-order chi connectivity index (χ0) is 24.5. The summed E-state index contributed by atoms with van der Waals surface area (Å²) in [5, 5.41) is 4.62. The lowest BCUT2D eigenvalue weighted by Gasteiger charge is -2.36. The Bertz CT molecular complexity index is 1270. The fourth-order valence-electron chi connectivity index (χ4n) is 4.25. The maximum atomic E-state index is 13.6. The molecule has 1 aliphatic heterocycles. The highest BCUT2D eigenvalue weighted by molar-refractivity contribution is 7.14. The van der Waals surface area contributed by atoms with Gasteiger partial charge in [0.25, 0.3) is 5.91 Å². The molecule has 4 heterocycles. The molecule has 182 valence electrons. The summed E-state index contributed by atoms with van der Waals surface area (Å²) in [4.78, 5) is 36.3. The molecular weight excluding hydrogens is 473 g/mol.